The van der Waals surface area contributed by atoms with Gasteiger partial charge in [-0.15, -0.1) is 0 Å². The molecule has 0 N–H and O–H groups in total. The van der Waals surface area contributed by atoms with Crippen molar-refractivity contribution in [2.75, 3.05) is 20.7 Å². The van der Waals surface area contributed by atoms with Crippen LogP contribution in [0.2, 0.25) is 0 Å². The molecule has 2 atom stereocenters. The van der Waals surface area contributed by atoms with Gasteiger partial charge in [-0.3, -0.25) is 0 Å². The molecule has 3 nitrogen and oxygen atoms in total. The van der Waals surface area contributed by atoms with E-state index in [4.69, 9.17) is 9.47 Å². The highest BCUT2D eigenvalue weighted by Gasteiger charge is 2.48. The predicted octanol–water partition coefficient (Wildman–Crippen LogP) is 4.53. The first-order chi connectivity index (χ1) is 11.7. The average molecular weight is 329 g/mol. The molecule has 3 aliphatic rings. The maximum atomic E-state index is 6.36. The molecule has 1 heterocycles. The second-order valence-corrected chi connectivity index (χ2v) is 8.04. The first-order valence-electron chi connectivity index (χ1n) is 9.78. The Balaban J connectivity index is 1.67. The van der Waals surface area contributed by atoms with Crippen LogP contribution >= 0.6 is 0 Å². The van der Waals surface area contributed by atoms with E-state index in [1.165, 1.54) is 69.9 Å². The van der Waals surface area contributed by atoms with Crippen LogP contribution in [0.1, 0.15) is 63.4 Å². The van der Waals surface area contributed by atoms with Gasteiger partial charge in [0.2, 0.25) is 0 Å². The summed E-state index contributed by atoms with van der Waals surface area (Å²) in [6, 6.07) is 7.45. The fraction of sp³-hybridized carbons (Fsp3) is 0.714. The highest BCUT2D eigenvalue weighted by atomic mass is 16.5. The summed E-state index contributed by atoms with van der Waals surface area (Å²) in [6.45, 7) is 1.22. The van der Waals surface area contributed by atoms with Crippen LogP contribution in [0, 0.1) is 0 Å². The molecule has 2 saturated carbocycles. The minimum atomic E-state index is 0.326. The minimum Gasteiger partial charge on any atom is -0.493 e. The molecular formula is C21H31NO2. The van der Waals surface area contributed by atoms with Crippen LogP contribution in [-0.4, -0.2) is 37.7 Å². The predicted molar refractivity (Wildman–Crippen MR) is 97.1 cm³/mol. The molecule has 24 heavy (non-hydrogen) atoms. The first kappa shape index (κ1) is 16.3. The van der Waals surface area contributed by atoms with Crippen molar-refractivity contribution >= 4 is 0 Å². The van der Waals surface area contributed by atoms with Gasteiger partial charge in [-0.25, -0.2) is 0 Å². The van der Waals surface area contributed by atoms with Crippen LogP contribution in [0.4, 0.5) is 0 Å². The second kappa shape index (κ2) is 6.59. The molecule has 3 heteroatoms. The zero-order chi connectivity index (χ0) is 16.6. The van der Waals surface area contributed by atoms with Crippen LogP contribution in [-0.2, 0) is 5.41 Å². The average Bonchev–Trinajstić information content (AvgIpc) is 3.24. The molecule has 1 aromatic carbocycles. The summed E-state index contributed by atoms with van der Waals surface area (Å²) >= 11 is 0. The van der Waals surface area contributed by atoms with Gasteiger partial charge in [0.05, 0.1) is 13.2 Å². The van der Waals surface area contributed by atoms with Crippen molar-refractivity contribution in [3.05, 3.63) is 23.8 Å². The van der Waals surface area contributed by atoms with Gasteiger partial charge in [0, 0.05) is 11.5 Å². The lowest BCUT2D eigenvalue weighted by atomic mass is 9.66. The number of hydrogen-bond acceptors (Lipinski definition) is 3. The number of nitrogens with zero attached hydrogens (tertiary/aromatic N) is 1. The van der Waals surface area contributed by atoms with Crippen molar-refractivity contribution in [1.82, 2.24) is 4.90 Å². The van der Waals surface area contributed by atoms with E-state index < -0.39 is 0 Å². The Morgan fingerprint density at radius 2 is 1.79 bits per heavy atom. The summed E-state index contributed by atoms with van der Waals surface area (Å²) in [7, 11) is 4.05. The lowest BCUT2D eigenvalue weighted by Crippen LogP contribution is -2.43. The Bertz CT molecular complexity index is 577. The molecule has 0 bridgehead atoms. The number of likely N-dealkylation sites (tertiary alicyclic amines) is 1. The molecule has 1 aliphatic heterocycles. The molecule has 0 unspecified atom stereocenters. The SMILES string of the molecule is COc1ccc([C@@]23CCCC[C@@H]2N(C)CC3)cc1OC1CCCC1. The third kappa shape index (κ3) is 2.71. The van der Waals surface area contributed by atoms with Crippen molar-refractivity contribution < 1.29 is 9.47 Å². The van der Waals surface area contributed by atoms with Gasteiger partial charge in [0.1, 0.15) is 0 Å². The topological polar surface area (TPSA) is 21.7 Å². The maximum absolute atomic E-state index is 6.36. The van der Waals surface area contributed by atoms with Crippen LogP contribution < -0.4 is 9.47 Å². The summed E-state index contributed by atoms with van der Waals surface area (Å²) in [6.07, 6.45) is 12.0. The number of hydrogen-bond donors (Lipinski definition) is 0. The Hall–Kier alpha value is -1.22. The number of likely N-dealkylation sites (N-methyl/N-ethyl adjacent to an activating group) is 1. The van der Waals surface area contributed by atoms with Crippen molar-refractivity contribution in [3.63, 3.8) is 0 Å². The fourth-order valence-corrected chi connectivity index (χ4v) is 5.43. The molecule has 0 amide bonds. The first-order valence-corrected chi connectivity index (χ1v) is 9.78. The van der Waals surface area contributed by atoms with Crippen LogP contribution in [0.15, 0.2) is 18.2 Å². The van der Waals surface area contributed by atoms with Crippen LogP contribution in [0.5, 0.6) is 11.5 Å². The summed E-state index contributed by atoms with van der Waals surface area (Å²) < 4.78 is 12.0. The molecule has 2 aliphatic carbocycles. The van der Waals surface area contributed by atoms with Gasteiger partial charge < -0.3 is 14.4 Å². The van der Waals surface area contributed by atoms with Crippen LogP contribution in [0.3, 0.4) is 0 Å². The molecule has 4 rings (SSSR count). The molecule has 0 spiro atoms. The highest BCUT2D eigenvalue weighted by Crippen LogP contribution is 2.50. The van der Waals surface area contributed by atoms with Gasteiger partial charge in [-0.05, 0) is 76.2 Å². The lowest BCUT2D eigenvalue weighted by Gasteiger charge is -2.42. The molecular weight excluding hydrogens is 298 g/mol. The minimum absolute atomic E-state index is 0.326. The number of rotatable bonds is 4. The van der Waals surface area contributed by atoms with E-state index in [0.717, 1.165) is 11.5 Å². The quantitative estimate of drug-likeness (QED) is 0.810. The van der Waals surface area contributed by atoms with Gasteiger partial charge in [0.25, 0.3) is 0 Å². The summed E-state index contributed by atoms with van der Waals surface area (Å²) in [5.41, 5.74) is 1.80. The molecule has 0 radical (unpaired) electrons. The highest BCUT2D eigenvalue weighted by molar-refractivity contribution is 5.46. The van der Waals surface area contributed by atoms with Gasteiger partial charge in [0.15, 0.2) is 11.5 Å². The van der Waals surface area contributed by atoms with Crippen LogP contribution in [0.25, 0.3) is 0 Å². The van der Waals surface area contributed by atoms with Crippen molar-refractivity contribution in [2.45, 2.75) is 75.3 Å². The molecule has 132 valence electrons. The van der Waals surface area contributed by atoms with E-state index in [1.54, 1.807) is 7.11 Å². The van der Waals surface area contributed by atoms with Gasteiger partial charge in [-0.2, -0.15) is 0 Å². The zero-order valence-corrected chi connectivity index (χ0v) is 15.2. The zero-order valence-electron chi connectivity index (χ0n) is 15.2. The summed E-state index contributed by atoms with van der Waals surface area (Å²) in [5.74, 6) is 1.86. The van der Waals surface area contributed by atoms with Crippen molar-refractivity contribution in [1.29, 1.82) is 0 Å². The largest absolute Gasteiger partial charge is 0.493 e. The lowest BCUT2D eigenvalue weighted by molar-refractivity contribution is 0.179. The Morgan fingerprint density at radius 1 is 1.00 bits per heavy atom. The van der Waals surface area contributed by atoms with E-state index in [0.29, 0.717) is 17.6 Å². The monoisotopic (exact) mass is 329 g/mol. The number of methoxy groups -OCH3 is 1. The Labute approximate surface area is 146 Å². The standard InChI is InChI=1S/C21H31NO2/c1-22-14-13-21(12-6-5-9-20(21)22)16-10-11-18(23-2)19(15-16)24-17-7-3-4-8-17/h10-11,15,17,20H,3-9,12-14H2,1-2H3/t20-,21-/m0/s1. The maximum Gasteiger partial charge on any atom is 0.161 e. The summed E-state index contributed by atoms with van der Waals surface area (Å²) in [4.78, 5) is 2.58. The van der Waals surface area contributed by atoms with E-state index in [1.807, 2.05) is 0 Å². The third-order valence-corrected chi connectivity index (χ3v) is 6.77. The second-order valence-electron chi connectivity index (χ2n) is 8.04. The molecule has 1 saturated heterocycles. The number of ether oxygens (including phenoxy) is 2. The van der Waals surface area contributed by atoms with Gasteiger partial charge >= 0.3 is 0 Å². The van der Waals surface area contributed by atoms with E-state index in [2.05, 4.69) is 30.1 Å². The molecule has 3 fully saturated rings. The molecule has 0 aromatic heterocycles. The van der Waals surface area contributed by atoms with Crippen molar-refractivity contribution in [2.24, 2.45) is 0 Å². The van der Waals surface area contributed by atoms with Crippen molar-refractivity contribution in [3.8, 4) is 11.5 Å². The number of fused-ring (bicyclic) bond motifs is 1. The Kier molecular flexibility index (Phi) is 4.46. The summed E-state index contributed by atoms with van der Waals surface area (Å²) in [5, 5.41) is 0. The van der Waals surface area contributed by atoms with E-state index >= 15 is 0 Å². The number of benzene rings is 1. The van der Waals surface area contributed by atoms with E-state index in [-0.39, 0.29) is 0 Å². The smallest absolute Gasteiger partial charge is 0.161 e. The third-order valence-electron chi connectivity index (χ3n) is 6.77. The fourth-order valence-electron chi connectivity index (χ4n) is 5.43. The normalized spacial score (nSPS) is 31.2. The van der Waals surface area contributed by atoms with Gasteiger partial charge in [-0.1, -0.05) is 18.9 Å². The molecule has 1 aromatic rings. The van der Waals surface area contributed by atoms with E-state index in [9.17, 15) is 0 Å². The Morgan fingerprint density at radius 3 is 2.58 bits per heavy atom.